The minimum atomic E-state index is 0.216. The van der Waals surface area contributed by atoms with Crippen LogP contribution < -0.4 is 5.32 Å². The van der Waals surface area contributed by atoms with Crippen LogP contribution >= 0.6 is 0 Å². The van der Waals surface area contributed by atoms with Gasteiger partial charge in [-0.25, -0.2) is 0 Å². The summed E-state index contributed by atoms with van der Waals surface area (Å²) < 4.78 is 5.48. The Balaban J connectivity index is 2.16. The normalized spacial score (nSPS) is 26.0. The molecular formula is C9H19NO2. The first-order valence-electron chi connectivity index (χ1n) is 4.82. The summed E-state index contributed by atoms with van der Waals surface area (Å²) in [7, 11) is 0. The molecule has 0 radical (unpaired) electrons. The van der Waals surface area contributed by atoms with Crippen molar-refractivity contribution >= 4 is 0 Å². The largest absolute Gasteiger partial charge is 0.395 e. The standard InChI is InChI=1S/C9H19NO2/c1-2-10-8(7-11)6-9-4-3-5-12-9/h8-11H,2-7H2,1H3. The molecule has 2 unspecified atom stereocenters. The van der Waals surface area contributed by atoms with Gasteiger partial charge in [-0.2, -0.15) is 0 Å². The fourth-order valence-electron chi connectivity index (χ4n) is 1.66. The average molecular weight is 173 g/mol. The summed E-state index contributed by atoms with van der Waals surface area (Å²) in [5, 5.41) is 12.2. The lowest BCUT2D eigenvalue weighted by Gasteiger charge is -2.18. The fourth-order valence-corrected chi connectivity index (χ4v) is 1.66. The van der Waals surface area contributed by atoms with Gasteiger partial charge in [0.15, 0.2) is 0 Å². The molecule has 0 spiro atoms. The van der Waals surface area contributed by atoms with Gasteiger partial charge < -0.3 is 15.2 Å². The Morgan fingerprint density at radius 2 is 2.50 bits per heavy atom. The number of hydrogen-bond acceptors (Lipinski definition) is 3. The maximum absolute atomic E-state index is 9.00. The maximum Gasteiger partial charge on any atom is 0.0591 e. The first kappa shape index (κ1) is 9.96. The van der Waals surface area contributed by atoms with Crippen molar-refractivity contribution in [1.82, 2.24) is 5.32 Å². The van der Waals surface area contributed by atoms with Gasteiger partial charge in [-0.15, -0.1) is 0 Å². The molecule has 72 valence electrons. The molecule has 2 atom stereocenters. The van der Waals surface area contributed by atoms with E-state index in [0.29, 0.717) is 6.10 Å². The first-order valence-corrected chi connectivity index (χ1v) is 4.82. The van der Waals surface area contributed by atoms with Crippen LogP contribution in [0.2, 0.25) is 0 Å². The summed E-state index contributed by atoms with van der Waals surface area (Å²) in [6, 6.07) is 0.220. The van der Waals surface area contributed by atoms with Crippen LogP contribution in [0.15, 0.2) is 0 Å². The zero-order valence-corrected chi connectivity index (χ0v) is 7.75. The molecule has 0 bridgehead atoms. The molecule has 0 aromatic heterocycles. The van der Waals surface area contributed by atoms with E-state index in [1.54, 1.807) is 0 Å². The van der Waals surface area contributed by atoms with Gasteiger partial charge in [-0.3, -0.25) is 0 Å². The Kier molecular flexibility index (Phi) is 4.58. The van der Waals surface area contributed by atoms with Crippen LogP contribution in [0.3, 0.4) is 0 Å². The van der Waals surface area contributed by atoms with Gasteiger partial charge in [0.25, 0.3) is 0 Å². The van der Waals surface area contributed by atoms with Crippen molar-refractivity contribution in [2.24, 2.45) is 0 Å². The lowest BCUT2D eigenvalue weighted by atomic mass is 10.1. The molecule has 1 saturated heterocycles. The number of nitrogens with one attached hydrogen (secondary N) is 1. The third-order valence-corrected chi connectivity index (χ3v) is 2.28. The highest BCUT2D eigenvalue weighted by molar-refractivity contribution is 4.73. The monoisotopic (exact) mass is 173 g/mol. The molecule has 12 heavy (non-hydrogen) atoms. The van der Waals surface area contributed by atoms with Crippen LogP contribution in [0.5, 0.6) is 0 Å². The van der Waals surface area contributed by atoms with Gasteiger partial charge in [0.1, 0.15) is 0 Å². The van der Waals surface area contributed by atoms with Crippen LogP contribution in [0.1, 0.15) is 26.2 Å². The Morgan fingerprint density at radius 1 is 1.67 bits per heavy atom. The van der Waals surface area contributed by atoms with Crippen LogP contribution in [-0.4, -0.2) is 37.0 Å². The highest BCUT2D eigenvalue weighted by Crippen LogP contribution is 2.16. The summed E-state index contributed by atoms with van der Waals surface area (Å²) in [6.45, 7) is 4.08. The molecule has 0 saturated carbocycles. The zero-order valence-electron chi connectivity index (χ0n) is 7.75. The van der Waals surface area contributed by atoms with Crippen molar-refractivity contribution in [2.45, 2.75) is 38.3 Å². The first-order chi connectivity index (χ1) is 5.86. The number of hydrogen-bond donors (Lipinski definition) is 2. The lowest BCUT2D eigenvalue weighted by Crippen LogP contribution is -2.35. The molecule has 0 aromatic rings. The average Bonchev–Trinajstić information content (AvgIpc) is 2.56. The van der Waals surface area contributed by atoms with Crippen LogP contribution in [-0.2, 0) is 4.74 Å². The van der Waals surface area contributed by atoms with Gasteiger partial charge in [-0.05, 0) is 25.8 Å². The number of rotatable bonds is 5. The molecular weight excluding hydrogens is 154 g/mol. The molecule has 0 amide bonds. The quantitative estimate of drug-likeness (QED) is 0.637. The smallest absolute Gasteiger partial charge is 0.0591 e. The topological polar surface area (TPSA) is 41.5 Å². The molecule has 1 rings (SSSR count). The van der Waals surface area contributed by atoms with Crippen LogP contribution in [0, 0.1) is 0 Å². The van der Waals surface area contributed by atoms with Crippen molar-refractivity contribution in [3.8, 4) is 0 Å². The minimum Gasteiger partial charge on any atom is -0.395 e. The molecule has 1 aliphatic heterocycles. The number of ether oxygens (including phenoxy) is 1. The van der Waals surface area contributed by atoms with Gasteiger partial charge in [-0.1, -0.05) is 6.92 Å². The molecule has 0 aromatic carbocycles. The van der Waals surface area contributed by atoms with E-state index in [9.17, 15) is 0 Å². The minimum absolute atomic E-state index is 0.216. The van der Waals surface area contributed by atoms with Crippen LogP contribution in [0.4, 0.5) is 0 Å². The summed E-state index contributed by atoms with van der Waals surface area (Å²) in [5.74, 6) is 0. The molecule has 0 aliphatic carbocycles. The third kappa shape index (κ3) is 3.09. The lowest BCUT2D eigenvalue weighted by molar-refractivity contribution is 0.0852. The van der Waals surface area contributed by atoms with Gasteiger partial charge in [0.05, 0.1) is 12.7 Å². The zero-order chi connectivity index (χ0) is 8.81. The fraction of sp³-hybridized carbons (Fsp3) is 1.00. The third-order valence-electron chi connectivity index (χ3n) is 2.28. The predicted molar refractivity (Wildman–Crippen MR) is 48.1 cm³/mol. The van der Waals surface area contributed by atoms with E-state index in [-0.39, 0.29) is 12.6 Å². The van der Waals surface area contributed by atoms with E-state index < -0.39 is 0 Å². The van der Waals surface area contributed by atoms with Crippen molar-refractivity contribution in [2.75, 3.05) is 19.8 Å². The molecule has 3 heteroatoms. The van der Waals surface area contributed by atoms with Crippen molar-refractivity contribution < 1.29 is 9.84 Å². The Bertz CT molecular complexity index is 113. The van der Waals surface area contributed by atoms with Crippen molar-refractivity contribution in [1.29, 1.82) is 0 Å². The van der Waals surface area contributed by atoms with Crippen molar-refractivity contribution in [3.05, 3.63) is 0 Å². The molecule has 3 nitrogen and oxygen atoms in total. The summed E-state index contributed by atoms with van der Waals surface area (Å²) in [4.78, 5) is 0. The van der Waals surface area contributed by atoms with Gasteiger partial charge in [0, 0.05) is 12.6 Å². The summed E-state index contributed by atoms with van der Waals surface area (Å²) >= 11 is 0. The Morgan fingerprint density at radius 3 is 3.00 bits per heavy atom. The summed E-state index contributed by atoms with van der Waals surface area (Å²) in [5.41, 5.74) is 0. The predicted octanol–water partition coefficient (Wildman–Crippen LogP) is 0.526. The highest BCUT2D eigenvalue weighted by atomic mass is 16.5. The maximum atomic E-state index is 9.00. The van der Waals surface area contributed by atoms with Gasteiger partial charge in [0.2, 0.25) is 0 Å². The van der Waals surface area contributed by atoms with E-state index in [1.807, 2.05) is 0 Å². The van der Waals surface area contributed by atoms with Crippen molar-refractivity contribution in [3.63, 3.8) is 0 Å². The Hall–Kier alpha value is -0.120. The molecule has 1 fully saturated rings. The number of aliphatic hydroxyl groups is 1. The Labute approximate surface area is 74.1 Å². The SMILES string of the molecule is CCNC(CO)CC1CCCO1. The van der Waals surface area contributed by atoms with E-state index in [2.05, 4.69) is 12.2 Å². The molecule has 1 aliphatic rings. The number of likely N-dealkylation sites (N-methyl/N-ethyl adjacent to an activating group) is 1. The second-order valence-corrected chi connectivity index (χ2v) is 3.31. The van der Waals surface area contributed by atoms with E-state index >= 15 is 0 Å². The second-order valence-electron chi connectivity index (χ2n) is 3.31. The van der Waals surface area contributed by atoms with Crippen LogP contribution in [0.25, 0.3) is 0 Å². The van der Waals surface area contributed by atoms with E-state index in [0.717, 1.165) is 26.0 Å². The molecule has 2 N–H and O–H groups in total. The summed E-state index contributed by atoms with van der Waals surface area (Å²) in [6.07, 6.45) is 3.66. The van der Waals surface area contributed by atoms with E-state index in [1.165, 1.54) is 6.42 Å². The molecule has 1 heterocycles. The van der Waals surface area contributed by atoms with Gasteiger partial charge >= 0.3 is 0 Å². The van der Waals surface area contributed by atoms with E-state index in [4.69, 9.17) is 9.84 Å². The second kappa shape index (κ2) is 5.51. The highest BCUT2D eigenvalue weighted by Gasteiger charge is 2.19. The number of aliphatic hydroxyl groups excluding tert-OH is 1.